The highest BCUT2D eigenvalue weighted by molar-refractivity contribution is 6.30. The Morgan fingerprint density at radius 3 is 2.80 bits per heavy atom. The number of hydrogen-bond donors (Lipinski definition) is 2. The summed E-state index contributed by atoms with van der Waals surface area (Å²) in [6.07, 6.45) is 1.74. The van der Waals surface area contributed by atoms with Gasteiger partial charge >= 0.3 is 5.69 Å². The lowest BCUT2D eigenvalue weighted by Gasteiger charge is -2.32. The molecule has 2 N–H and O–H groups in total. The summed E-state index contributed by atoms with van der Waals surface area (Å²) in [5.74, 6) is 0.0283. The first-order valence-corrected chi connectivity index (χ1v) is 8.65. The molecule has 1 aromatic heterocycles. The van der Waals surface area contributed by atoms with E-state index in [1.54, 1.807) is 18.2 Å². The van der Waals surface area contributed by atoms with Gasteiger partial charge < -0.3 is 4.98 Å². The van der Waals surface area contributed by atoms with Crippen LogP contribution in [0.5, 0.6) is 0 Å². The van der Waals surface area contributed by atoms with Crippen LogP contribution in [-0.2, 0) is 6.54 Å². The summed E-state index contributed by atoms with van der Waals surface area (Å²) in [4.78, 5) is 42.5. The van der Waals surface area contributed by atoms with E-state index in [2.05, 4.69) is 14.9 Å². The van der Waals surface area contributed by atoms with Gasteiger partial charge in [0, 0.05) is 41.4 Å². The normalized spacial score (nSPS) is 18.2. The van der Waals surface area contributed by atoms with E-state index < -0.39 is 11.2 Å². The van der Waals surface area contributed by atoms with Crippen LogP contribution >= 0.6 is 11.6 Å². The minimum Gasteiger partial charge on any atom is -0.310 e. The molecule has 1 saturated heterocycles. The molecule has 0 unspecified atom stereocenters. The summed E-state index contributed by atoms with van der Waals surface area (Å²) in [5.41, 5.74) is 1.22. The SMILES string of the molecule is Cc1cc(Cl)ccc1C(=O)[C@@H]1CCCN(Cc2cc(=O)[nH]c(=O)[nH]2)C1. The number of carbonyl (C=O) groups is 1. The maximum Gasteiger partial charge on any atom is 0.325 e. The van der Waals surface area contributed by atoms with Gasteiger partial charge in [0.25, 0.3) is 5.56 Å². The largest absolute Gasteiger partial charge is 0.325 e. The van der Waals surface area contributed by atoms with E-state index >= 15 is 0 Å². The minimum absolute atomic E-state index is 0.0951. The standard InChI is InChI=1S/C18H20ClN3O3/c1-11-7-13(19)4-5-15(11)17(24)12-3-2-6-22(9-12)10-14-8-16(23)21-18(25)20-14/h4-5,7-8,12H,2-3,6,9-10H2,1H3,(H2,20,21,23,25)/t12-/m1/s1. The number of aryl methyl sites for hydroxylation is 1. The average Bonchev–Trinajstić information content (AvgIpc) is 2.53. The molecule has 25 heavy (non-hydrogen) atoms. The molecule has 1 aliphatic heterocycles. The topological polar surface area (TPSA) is 86.0 Å². The van der Waals surface area contributed by atoms with Crippen molar-refractivity contribution in [2.75, 3.05) is 13.1 Å². The van der Waals surface area contributed by atoms with E-state index in [-0.39, 0.29) is 11.7 Å². The monoisotopic (exact) mass is 361 g/mol. The lowest BCUT2D eigenvalue weighted by molar-refractivity contribution is 0.0809. The molecule has 1 aromatic carbocycles. The van der Waals surface area contributed by atoms with E-state index in [1.807, 2.05) is 6.92 Å². The smallest absolute Gasteiger partial charge is 0.310 e. The van der Waals surface area contributed by atoms with Crippen LogP contribution in [-0.4, -0.2) is 33.7 Å². The zero-order valence-corrected chi connectivity index (χ0v) is 14.7. The van der Waals surface area contributed by atoms with Gasteiger partial charge in [0.05, 0.1) is 0 Å². The van der Waals surface area contributed by atoms with Gasteiger partial charge in [-0.15, -0.1) is 0 Å². The van der Waals surface area contributed by atoms with Crippen molar-refractivity contribution in [1.82, 2.24) is 14.9 Å². The van der Waals surface area contributed by atoms with Gasteiger partial charge in [0.1, 0.15) is 0 Å². The maximum atomic E-state index is 12.9. The van der Waals surface area contributed by atoms with Crippen molar-refractivity contribution in [3.8, 4) is 0 Å². The zero-order valence-electron chi connectivity index (χ0n) is 14.0. The zero-order chi connectivity index (χ0) is 18.0. The lowest BCUT2D eigenvalue weighted by atomic mass is 9.88. The Kier molecular flexibility index (Phi) is 5.20. The number of rotatable bonds is 4. The first-order chi connectivity index (χ1) is 11.9. The second-order valence-electron chi connectivity index (χ2n) is 6.51. The summed E-state index contributed by atoms with van der Waals surface area (Å²) in [7, 11) is 0. The molecule has 2 aromatic rings. The molecule has 7 heteroatoms. The van der Waals surface area contributed by atoms with Gasteiger partial charge in [0.15, 0.2) is 5.78 Å². The molecule has 1 atom stereocenters. The van der Waals surface area contributed by atoms with Crippen molar-refractivity contribution in [3.63, 3.8) is 0 Å². The van der Waals surface area contributed by atoms with Gasteiger partial charge in [-0.25, -0.2) is 4.79 Å². The van der Waals surface area contributed by atoms with E-state index in [0.29, 0.717) is 29.4 Å². The van der Waals surface area contributed by atoms with Gasteiger partial charge in [-0.2, -0.15) is 0 Å². The van der Waals surface area contributed by atoms with Crippen LogP contribution < -0.4 is 11.2 Å². The van der Waals surface area contributed by atoms with Crippen LogP contribution in [0.2, 0.25) is 5.02 Å². The molecular weight excluding hydrogens is 342 g/mol. The van der Waals surface area contributed by atoms with Crippen molar-refractivity contribution in [2.24, 2.45) is 5.92 Å². The first-order valence-electron chi connectivity index (χ1n) is 8.27. The Balaban J connectivity index is 1.73. The Hall–Kier alpha value is -2.18. The fourth-order valence-electron chi connectivity index (χ4n) is 3.38. The highest BCUT2D eigenvalue weighted by atomic mass is 35.5. The number of hydrogen-bond acceptors (Lipinski definition) is 4. The van der Waals surface area contributed by atoms with Crippen LogP contribution in [0, 0.1) is 12.8 Å². The van der Waals surface area contributed by atoms with Crippen molar-refractivity contribution >= 4 is 17.4 Å². The van der Waals surface area contributed by atoms with Gasteiger partial charge in [-0.3, -0.25) is 19.5 Å². The second kappa shape index (κ2) is 7.37. The third kappa shape index (κ3) is 4.27. The molecule has 2 heterocycles. The summed E-state index contributed by atoms with van der Waals surface area (Å²) in [6.45, 7) is 3.77. The number of piperidine rings is 1. The fourth-order valence-corrected chi connectivity index (χ4v) is 3.61. The number of nitrogens with one attached hydrogen (secondary N) is 2. The molecule has 1 aliphatic rings. The Morgan fingerprint density at radius 1 is 1.28 bits per heavy atom. The van der Waals surface area contributed by atoms with Gasteiger partial charge in [-0.05, 0) is 50.1 Å². The number of H-pyrrole nitrogens is 2. The number of halogens is 1. The lowest BCUT2D eigenvalue weighted by Crippen LogP contribution is -2.39. The van der Waals surface area contributed by atoms with Gasteiger partial charge in [0.2, 0.25) is 0 Å². The van der Waals surface area contributed by atoms with Crippen molar-refractivity contribution in [3.05, 3.63) is 66.9 Å². The van der Waals surface area contributed by atoms with Crippen LogP contribution in [0.25, 0.3) is 0 Å². The summed E-state index contributed by atoms with van der Waals surface area (Å²) >= 11 is 5.97. The molecule has 132 valence electrons. The number of aromatic amines is 2. The number of Topliss-reactive ketones (excluding diaryl/α,β-unsaturated/α-hetero) is 1. The van der Waals surface area contributed by atoms with Crippen LogP contribution in [0.4, 0.5) is 0 Å². The number of nitrogens with zero attached hydrogens (tertiary/aromatic N) is 1. The Bertz CT molecular complexity index is 875. The highest BCUT2D eigenvalue weighted by Gasteiger charge is 2.27. The molecule has 0 radical (unpaired) electrons. The van der Waals surface area contributed by atoms with Crippen molar-refractivity contribution < 1.29 is 4.79 Å². The van der Waals surface area contributed by atoms with Gasteiger partial charge in [-0.1, -0.05) is 11.6 Å². The highest BCUT2D eigenvalue weighted by Crippen LogP contribution is 2.24. The third-order valence-electron chi connectivity index (χ3n) is 4.54. The van der Waals surface area contributed by atoms with E-state index in [9.17, 15) is 14.4 Å². The molecule has 3 rings (SSSR count). The summed E-state index contributed by atoms with van der Waals surface area (Å²) < 4.78 is 0. The maximum absolute atomic E-state index is 12.9. The van der Waals surface area contributed by atoms with Crippen LogP contribution in [0.3, 0.4) is 0 Å². The predicted octanol–water partition coefficient (Wildman–Crippen LogP) is 2.12. The fraction of sp³-hybridized carbons (Fsp3) is 0.389. The minimum atomic E-state index is -0.510. The van der Waals surface area contributed by atoms with Crippen molar-refractivity contribution in [2.45, 2.75) is 26.3 Å². The number of aromatic nitrogens is 2. The first kappa shape index (κ1) is 17.6. The molecule has 6 nitrogen and oxygen atoms in total. The number of benzene rings is 1. The molecule has 0 saturated carbocycles. The van der Waals surface area contributed by atoms with E-state index in [4.69, 9.17) is 11.6 Å². The Labute approximate surface area is 149 Å². The summed E-state index contributed by atoms with van der Waals surface area (Å²) in [5, 5.41) is 0.623. The molecular formula is C18H20ClN3O3. The molecule has 0 aliphatic carbocycles. The molecule has 0 spiro atoms. The second-order valence-corrected chi connectivity index (χ2v) is 6.95. The molecule has 1 fully saturated rings. The van der Waals surface area contributed by atoms with Crippen LogP contribution in [0.1, 0.15) is 34.5 Å². The molecule has 0 amide bonds. The number of likely N-dealkylation sites (tertiary alicyclic amines) is 1. The van der Waals surface area contributed by atoms with Crippen molar-refractivity contribution in [1.29, 1.82) is 0 Å². The number of ketones is 1. The molecule has 0 bridgehead atoms. The Morgan fingerprint density at radius 2 is 2.08 bits per heavy atom. The van der Waals surface area contributed by atoms with E-state index in [1.165, 1.54) is 6.07 Å². The van der Waals surface area contributed by atoms with E-state index in [0.717, 1.165) is 24.9 Å². The average molecular weight is 362 g/mol. The quantitative estimate of drug-likeness (QED) is 0.817. The predicted molar refractivity (Wildman–Crippen MR) is 96.2 cm³/mol. The number of carbonyl (C=O) groups excluding carboxylic acids is 1. The van der Waals surface area contributed by atoms with Crippen LogP contribution in [0.15, 0.2) is 33.9 Å². The third-order valence-corrected chi connectivity index (χ3v) is 4.78. The summed E-state index contributed by atoms with van der Waals surface area (Å²) in [6, 6.07) is 6.71.